The Bertz CT molecular complexity index is 393. The number of carbonyl (C=O) groups is 1. The first-order chi connectivity index (χ1) is 8.04. The van der Waals surface area contributed by atoms with E-state index in [1.54, 1.807) is 13.8 Å². The van der Waals surface area contributed by atoms with Gasteiger partial charge in [0.1, 0.15) is 0 Å². The van der Waals surface area contributed by atoms with E-state index < -0.39 is 5.97 Å². The number of nitrogens with one attached hydrogen (secondary N) is 1. The van der Waals surface area contributed by atoms with Crippen molar-refractivity contribution in [2.24, 2.45) is 5.73 Å². The van der Waals surface area contributed by atoms with Crippen LogP contribution in [-0.2, 0) is 4.74 Å². The lowest BCUT2D eigenvalue weighted by Crippen LogP contribution is -2.26. The molecule has 6 nitrogen and oxygen atoms in total. The van der Waals surface area contributed by atoms with Crippen LogP contribution in [0.15, 0.2) is 6.20 Å². The quantitative estimate of drug-likeness (QED) is 0.735. The van der Waals surface area contributed by atoms with Crippen molar-refractivity contribution < 1.29 is 9.53 Å². The minimum atomic E-state index is -0.399. The lowest BCUT2D eigenvalue weighted by atomic mass is 10.2. The summed E-state index contributed by atoms with van der Waals surface area (Å²) >= 11 is 0. The van der Waals surface area contributed by atoms with Crippen molar-refractivity contribution in [3.05, 3.63) is 17.5 Å². The van der Waals surface area contributed by atoms with Gasteiger partial charge in [-0.25, -0.2) is 14.8 Å². The van der Waals surface area contributed by atoms with Gasteiger partial charge < -0.3 is 15.8 Å². The lowest BCUT2D eigenvalue weighted by molar-refractivity contribution is 0.0524. The highest BCUT2D eigenvalue weighted by atomic mass is 16.5. The van der Waals surface area contributed by atoms with Gasteiger partial charge in [0.2, 0.25) is 5.95 Å². The van der Waals surface area contributed by atoms with Gasteiger partial charge in [-0.3, -0.25) is 0 Å². The third-order valence-electron chi connectivity index (χ3n) is 2.06. The molecule has 0 fully saturated rings. The van der Waals surface area contributed by atoms with Gasteiger partial charge in [0.15, 0.2) is 0 Å². The molecule has 0 amide bonds. The molecule has 1 unspecified atom stereocenters. The molecule has 6 heteroatoms. The molecule has 0 spiro atoms. The van der Waals surface area contributed by atoms with Crippen LogP contribution < -0.4 is 11.1 Å². The molecule has 94 valence electrons. The van der Waals surface area contributed by atoms with Crippen molar-refractivity contribution in [3.63, 3.8) is 0 Å². The molecule has 1 heterocycles. The van der Waals surface area contributed by atoms with E-state index in [2.05, 4.69) is 15.3 Å². The molecule has 17 heavy (non-hydrogen) atoms. The number of nitrogens with two attached hydrogens (primary N) is 1. The molecule has 0 saturated carbocycles. The molecule has 0 saturated heterocycles. The van der Waals surface area contributed by atoms with E-state index in [1.165, 1.54) is 6.20 Å². The van der Waals surface area contributed by atoms with E-state index in [9.17, 15) is 4.79 Å². The van der Waals surface area contributed by atoms with Crippen molar-refractivity contribution in [1.29, 1.82) is 0 Å². The van der Waals surface area contributed by atoms with Gasteiger partial charge >= 0.3 is 5.97 Å². The maximum absolute atomic E-state index is 11.5. The second kappa shape index (κ2) is 6.15. The van der Waals surface area contributed by atoms with Crippen molar-refractivity contribution in [3.8, 4) is 0 Å². The Morgan fingerprint density at radius 1 is 1.65 bits per heavy atom. The molecule has 3 N–H and O–H groups in total. The van der Waals surface area contributed by atoms with Crippen LogP contribution in [0, 0.1) is 6.92 Å². The number of ether oxygens (including phenoxy) is 1. The monoisotopic (exact) mass is 238 g/mol. The number of rotatable bonds is 5. The first-order valence-electron chi connectivity index (χ1n) is 5.54. The van der Waals surface area contributed by atoms with Crippen molar-refractivity contribution in [1.82, 2.24) is 9.97 Å². The summed E-state index contributed by atoms with van der Waals surface area (Å²) in [6.07, 6.45) is 1.46. The summed E-state index contributed by atoms with van der Waals surface area (Å²) in [5, 5.41) is 2.98. The van der Waals surface area contributed by atoms with E-state index in [0.29, 0.717) is 30.4 Å². The first kappa shape index (κ1) is 13.4. The largest absolute Gasteiger partial charge is 0.462 e. The van der Waals surface area contributed by atoms with Crippen LogP contribution in [0.3, 0.4) is 0 Å². The average Bonchev–Trinajstić information content (AvgIpc) is 2.26. The zero-order valence-corrected chi connectivity index (χ0v) is 10.4. The number of nitrogens with zero attached hydrogens (tertiary/aromatic N) is 2. The van der Waals surface area contributed by atoms with E-state index >= 15 is 0 Å². The second-order valence-corrected chi connectivity index (χ2v) is 3.77. The minimum absolute atomic E-state index is 0.0173. The maximum atomic E-state index is 11.5. The zero-order valence-electron chi connectivity index (χ0n) is 10.4. The fourth-order valence-corrected chi connectivity index (χ4v) is 1.21. The Morgan fingerprint density at radius 3 is 2.88 bits per heavy atom. The standard InChI is InChI=1S/C11H18N4O2/c1-4-17-10(16)9-6-14-11(15-8(9)3)13-5-7(2)12/h6-7H,4-5,12H2,1-3H3,(H,13,14,15). The summed E-state index contributed by atoms with van der Waals surface area (Å²) in [5.41, 5.74) is 6.58. The van der Waals surface area contributed by atoms with Gasteiger partial charge in [0.25, 0.3) is 0 Å². The summed E-state index contributed by atoms with van der Waals surface area (Å²) in [7, 11) is 0. The Morgan fingerprint density at radius 2 is 2.35 bits per heavy atom. The number of carbonyl (C=O) groups excluding carboxylic acids is 1. The number of aryl methyl sites for hydroxylation is 1. The molecular weight excluding hydrogens is 220 g/mol. The third-order valence-corrected chi connectivity index (χ3v) is 2.06. The molecular formula is C11H18N4O2. The van der Waals surface area contributed by atoms with Crippen molar-refractivity contribution >= 4 is 11.9 Å². The topological polar surface area (TPSA) is 90.1 Å². The Labute approximate surface area is 101 Å². The average molecular weight is 238 g/mol. The highest BCUT2D eigenvalue weighted by molar-refractivity contribution is 5.90. The van der Waals surface area contributed by atoms with Crippen LogP contribution in [0.5, 0.6) is 0 Å². The van der Waals surface area contributed by atoms with E-state index in [-0.39, 0.29) is 6.04 Å². The summed E-state index contributed by atoms with van der Waals surface area (Å²) in [6, 6.07) is 0.0173. The predicted molar refractivity (Wildman–Crippen MR) is 64.9 cm³/mol. The fourth-order valence-electron chi connectivity index (χ4n) is 1.21. The molecule has 0 aliphatic rings. The number of esters is 1. The van der Waals surface area contributed by atoms with E-state index in [4.69, 9.17) is 10.5 Å². The Balaban J connectivity index is 2.75. The molecule has 0 radical (unpaired) electrons. The highest BCUT2D eigenvalue weighted by Gasteiger charge is 2.12. The Kier molecular flexibility index (Phi) is 4.84. The van der Waals surface area contributed by atoms with Crippen LogP contribution in [0.4, 0.5) is 5.95 Å². The molecule has 0 aliphatic heterocycles. The summed E-state index contributed by atoms with van der Waals surface area (Å²) in [5.74, 6) is 0.0663. The van der Waals surface area contributed by atoms with Crippen LogP contribution in [0.25, 0.3) is 0 Å². The van der Waals surface area contributed by atoms with Crippen LogP contribution in [0.1, 0.15) is 29.9 Å². The molecule has 0 aliphatic carbocycles. The van der Waals surface area contributed by atoms with Crippen molar-refractivity contribution in [2.45, 2.75) is 26.8 Å². The van der Waals surface area contributed by atoms with Crippen molar-refractivity contribution in [2.75, 3.05) is 18.5 Å². The molecule has 0 bridgehead atoms. The second-order valence-electron chi connectivity index (χ2n) is 3.77. The predicted octanol–water partition coefficient (Wildman–Crippen LogP) is 0.721. The van der Waals surface area contributed by atoms with Gasteiger partial charge in [-0.15, -0.1) is 0 Å². The lowest BCUT2D eigenvalue weighted by Gasteiger charge is -2.09. The molecule has 1 rings (SSSR count). The summed E-state index contributed by atoms with van der Waals surface area (Å²) in [4.78, 5) is 19.7. The van der Waals surface area contributed by atoms with Crippen LogP contribution in [-0.4, -0.2) is 35.1 Å². The highest BCUT2D eigenvalue weighted by Crippen LogP contribution is 2.08. The molecule has 0 aromatic carbocycles. The SMILES string of the molecule is CCOC(=O)c1cnc(NCC(C)N)nc1C. The first-order valence-corrected chi connectivity index (χ1v) is 5.54. The van der Waals surface area contributed by atoms with Gasteiger partial charge in [0.05, 0.1) is 17.9 Å². The Hall–Kier alpha value is -1.69. The number of hydrogen-bond donors (Lipinski definition) is 2. The zero-order chi connectivity index (χ0) is 12.8. The van der Waals surface area contributed by atoms with Gasteiger partial charge in [0, 0.05) is 18.8 Å². The minimum Gasteiger partial charge on any atom is -0.462 e. The smallest absolute Gasteiger partial charge is 0.341 e. The molecule has 1 aromatic heterocycles. The van der Waals surface area contributed by atoms with E-state index in [0.717, 1.165) is 0 Å². The van der Waals surface area contributed by atoms with Gasteiger partial charge in [-0.05, 0) is 20.8 Å². The van der Waals surface area contributed by atoms with Crippen LogP contribution >= 0.6 is 0 Å². The maximum Gasteiger partial charge on any atom is 0.341 e. The number of aromatic nitrogens is 2. The number of anilines is 1. The summed E-state index contributed by atoms with van der Waals surface area (Å²) in [6.45, 7) is 6.30. The summed E-state index contributed by atoms with van der Waals surface area (Å²) < 4.78 is 4.89. The third kappa shape index (κ3) is 3.99. The molecule has 1 aromatic rings. The normalized spacial score (nSPS) is 12.0. The van der Waals surface area contributed by atoms with Crippen LogP contribution in [0.2, 0.25) is 0 Å². The molecule has 1 atom stereocenters. The van der Waals surface area contributed by atoms with Gasteiger partial charge in [-0.2, -0.15) is 0 Å². The number of hydrogen-bond acceptors (Lipinski definition) is 6. The van der Waals surface area contributed by atoms with E-state index in [1.807, 2.05) is 6.92 Å². The fraction of sp³-hybridized carbons (Fsp3) is 0.545. The van der Waals surface area contributed by atoms with Gasteiger partial charge in [-0.1, -0.05) is 0 Å².